The van der Waals surface area contributed by atoms with Crippen LogP contribution in [0.5, 0.6) is 11.5 Å². The summed E-state index contributed by atoms with van der Waals surface area (Å²) in [7, 11) is 0. The highest BCUT2D eigenvalue weighted by molar-refractivity contribution is 7.07. The molecule has 1 unspecified atom stereocenters. The zero-order chi connectivity index (χ0) is 28.2. The maximum Gasteiger partial charge on any atom is 0.338 e. The molecule has 1 saturated heterocycles. The Kier molecular flexibility index (Phi) is 8.44. The number of rotatable bonds is 9. The molecule has 1 fully saturated rings. The standard InChI is InChI=1S/C30H35N3O6S/c1-5-36-22-13-11-20(17-23(22)37-6-2)27-26(29(35)38-7-3)19(4)31-30-33(27)28(34)24(40-30)18-21-12-14-25(39-21)32-15-9-8-10-16-32/h11-14,17-18,27H,5-10,15-16H2,1-4H3. The van der Waals surface area contributed by atoms with Gasteiger partial charge in [0, 0.05) is 25.2 Å². The van der Waals surface area contributed by atoms with Crippen LogP contribution in [-0.2, 0) is 9.53 Å². The molecule has 1 atom stereocenters. The summed E-state index contributed by atoms with van der Waals surface area (Å²) in [6.45, 7) is 10.4. The lowest BCUT2D eigenvalue weighted by Crippen LogP contribution is -2.40. The quantitative estimate of drug-likeness (QED) is 0.359. The van der Waals surface area contributed by atoms with Gasteiger partial charge >= 0.3 is 5.97 Å². The molecular formula is C30H35N3O6S. The average molecular weight is 566 g/mol. The van der Waals surface area contributed by atoms with Crippen molar-refractivity contribution in [2.45, 2.75) is 53.0 Å². The first-order chi connectivity index (χ1) is 19.4. The summed E-state index contributed by atoms with van der Waals surface area (Å²) in [5, 5.41) is 0. The predicted octanol–water partition coefficient (Wildman–Crippen LogP) is 4.18. The third kappa shape index (κ3) is 5.45. The van der Waals surface area contributed by atoms with Gasteiger partial charge in [-0.1, -0.05) is 17.4 Å². The summed E-state index contributed by atoms with van der Waals surface area (Å²) in [4.78, 5) is 34.5. The van der Waals surface area contributed by atoms with Crippen molar-refractivity contribution in [3.63, 3.8) is 0 Å². The molecule has 0 amide bonds. The van der Waals surface area contributed by atoms with E-state index < -0.39 is 12.0 Å². The number of aromatic nitrogens is 1. The van der Waals surface area contributed by atoms with Crippen LogP contribution in [0.4, 0.5) is 5.88 Å². The van der Waals surface area contributed by atoms with Crippen molar-refractivity contribution in [1.29, 1.82) is 0 Å². The first-order valence-corrected chi connectivity index (χ1v) is 14.7. The number of allylic oxidation sites excluding steroid dienone is 1. The van der Waals surface area contributed by atoms with E-state index in [2.05, 4.69) is 9.89 Å². The Balaban J connectivity index is 1.62. The molecule has 10 heteroatoms. The van der Waals surface area contributed by atoms with Crippen LogP contribution in [0.3, 0.4) is 0 Å². The zero-order valence-electron chi connectivity index (χ0n) is 23.4. The Morgan fingerprint density at radius 2 is 1.80 bits per heavy atom. The van der Waals surface area contributed by atoms with Gasteiger partial charge < -0.3 is 23.5 Å². The van der Waals surface area contributed by atoms with Crippen molar-refractivity contribution in [3.05, 3.63) is 72.6 Å². The van der Waals surface area contributed by atoms with E-state index in [4.69, 9.17) is 18.6 Å². The van der Waals surface area contributed by atoms with Crippen LogP contribution in [0.1, 0.15) is 64.3 Å². The second-order valence-corrected chi connectivity index (χ2v) is 10.6. The third-order valence-corrected chi connectivity index (χ3v) is 7.94. The van der Waals surface area contributed by atoms with E-state index in [0.717, 1.165) is 31.8 Å². The van der Waals surface area contributed by atoms with Gasteiger partial charge in [-0.15, -0.1) is 0 Å². The molecular weight excluding hydrogens is 530 g/mol. The number of fused-ring (bicyclic) bond motifs is 1. The largest absolute Gasteiger partial charge is 0.490 e. The molecule has 2 aromatic heterocycles. The lowest BCUT2D eigenvalue weighted by Gasteiger charge is -2.25. The Hall–Kier alpha value is -3.79. The first kappa shape index (κ1) is 27.8. The van der Waals surface area contributed by atoms with Gasteiger partial charge in [-0.3, -0.25) is 9.36 Å². The van der Waals surface area contributed by atoms with Crippen LogP contribution in [-0.4, -0.2) is 43.4 Å². The molecule has 3 aromatic rings. The monoisotopic (exact) mass is 565 g/mol. The fourth-order valence-electron chi connectivity index (χ4n) is 5.18. The number of hydrogen-bond donors (Lipinski definition) is 0. The van der Waals surface area contributed by atoms with Crippen molar-refractivity contribution in [1.82, 2.24) is 4.57 Å². The highest BCUT2D eigenvalue weighted by Crippen LogP contribution is 2.36. The van der Waals surface area contributed by atoms with Gasteiger partial charge in [0.15, 0.2) is 22.2 Å². The number of benzene rings is 1. The van der Waals surface area contributed by atoms with Crippen LogP contribution in [0, 0.1) is 0 Å². The normalized spacial score (nSPS) is 17.4. The van der Waals surface area contributed by atoms with Crippen molar-refractivity contribution in [2.75, 3.05) is 37.8 Å². The molecule has 5 rings (SSSR count). The second-order valence-electron chi connectivity index (χ2n) is 9.60. The predicted molar refractivity (Wildman–Crippen MR) is 154 cm³/mol. The minimum absolute atomic E-state index is 0.206. The Morgan fingerprint density at radius 1 is 1.05 bits per heavy atom. The molecule has 1 aromatic carbocycles. The average Bonchev–Trinajstić information content (AvgIpc) is 3.54. The molecule has 2 aliphatic rings. The van der Waals surface area contributed by atoms with Crippen LogP contribution in [0.15, 0.2) is 55.8 Å². The highest BCUT2D eigenvalue weighted by Gasteiger charge is 2.34. The number of furan rings is 1. The Labute approximate surface area is 237 Å². The molecule has 212 valence electrons. The second kappa shape index (κ2) is 12.2. The summed E-state index contributed by atoms with van der Waals surface area (Å²) in [5.41, 5.74) is 1.26. The Morgan fingerprint density at radius 3 is 2.52 bits per heavy atom. The lowest BCUT2D eigenvalue weighted by molar-refractivity contribution is -0.139. The highest BCUT2D eigenvalue weighted by atomic mass is 32.1. The Bertz CT molecular complexity index is 1590. The van der Waals surface area contributed by atoms with E-state index >= 15 is 0 Å². The molecule has 4 heterocycles. The minimum atomic E-state index is -0.743. The van der Waals surface area contributed by atoms with Crippen LogP contribution in [0.2, 0.25) is 0 Å². The van der Waals surface area contributed by atoms with Crippen molar-refractivity contribution >= 4 is 29.3 Å². The van der Waals surface area contributed by atoms with E-state index in [1.807, 2.05) is 44.2 Å². The van der Waals surface area contributed by atoms with E-state index in [1.165, 1.54) is 17.8 Å². The van der Waals surface area contributed by atoms with Crippen molar-refractivity contribution in [3.8, 4) is 11.5 Å². The summed E-state index contributed by atoms with van der Waals surface area (Å²) >= 11 is 1.27. The van der Waals surface area contributed by atoms with E-state index in [9.17, 15) is 9.59 Å². The maximum atomic E-state index is 13.9. The smallest absolute Gasteiger partial charge is 0.338 e. The summed E-state index contributed by atoms with van der Waals surface area (Å²) in [5.74, 6) is 2.05. The molecule has 9 nitrogen and oxygen atoms in total. The molecule has 0 aliphatic carbocycles. The van der Waals surface area contributed by atoms with Gasteiger partial charge in [0.1, 0.15) is 5.76 Å². The number of hydrogen-bond acceptors (Lipinski definition) is 9. The van der Waals surface area contributed by atoms with Crippen LogP contribution < -0.4 is 29.3 Å². The van der Waals surface area contributed by atoms with Gasteiger partial charge in [0.2, 0.25) is 0 Å². The van der Waals surface area contributed by atoms with E-state index in [0.29, 0.717) is 56.6 Å². The number of esters is 1. The summed E-state index contributed by atoms with van der Waals surface area (Å²) in [6, 6.07) is 8.58. The molecule has 0 saturated carbocycles. The summed E-state index contributed by atoms with van der Waals surface area (Å²) < 4.78 is 25.1. The van der Waals surface area contributed by atoms with Crippen LogP contribution in [0.25, 0.3) is 6.08 Å². The molecule has 2 aliphatic heterocycles. The number of carbonyl (C=O) groups excluding carboxylic acids is 1. The number of carbonyl (C=O) groups is 1. The number of thiazole rings is 1. The molecule has 0 N–H and O–H groups in total. The molecule has 0 bridgehead atoms. The van der Waals surface area contributed by atoms with Gasteiger partial charge in [-0.25, -0.2) is 9.79 Å². The van der Waals surface area contributed by atoms with Gasteiger partial charge in [0.25, 0.3) is 5.56 Å². The minimum Gasteiger partial charge on any atom is -0.490 e. The van der Waals surface area contributed by atoms with Crippen LogP contribution >= 0.6 is 11.3 Å². The third-order valence-electron chi connectivity index (χ3n) is 6.95. The van der Waals surface area contributed by atoms with Gasteiger partial charge in [-0.05, 0) is 70.7 Å². The number of nitrogens with zero attached hydrogens (tertiary/aromatic N) is 3. The number of piperidine rings is 1. The fraction of sp³-hybridized carbons (Fsp3) is 0.433. The lowest BCUT2D eigenvalue weighted by atomic mass is 9.95. The van der Waals surface area contributed by atoms with Crippen molar-refractivity contribution < 1.29 is 23.4 Å². The maximum absolute atomic E-state index is 13.9. The topological polar surface area (TPSA) is 95.5 Å². The molecule has 0 spiro atoms. The first-order valence-electron chi connectivity index (χ1n) is 13.9. The van der Waals surface area contributed by atoms with E-state index in [-0.39, 0.29) is 12.2 Å². The van der Waals surface area contributed by atoms with Gasteiger partial charge in [0.05, 0.1) is 41.7 Å². The van der Waals surface area contributed by atoms with Crippen molar-refractivity contribution in [2.24, 2.45) is 4.99 Å². The zero-order valence-corrected chi connectivity index (χ0v) is 24.2. The fourth-order valence-corrected chi connectivity index (χ4v) is 6.20. The molecule has 40 heavy (non-hydrogen) atoms. The van der Waals surface area contributed by atoms with Gasteiger partial charge in [-0.2, -0.15) is 0 Å². The van der Waals surface area contributed by atoms with E-state index in [1.54, 1.807) is 24.5 Å². The SMILES string of the molecule is CCOC(=O)C1=C(C)N=c2sc(=Cc3ccc(N4CCCCC4)o3)c(=O)n2C1c1ccc(OCC)c(OCC)c1. The summed E-state index contributed by atoms with van der Waals surface area (Å²) in [6.07, 6.45) is 5.28. The molecule has 0 radical (unpaired) electrons. The number of ether oxygens (including phenoxy) is 3. The number of anilines is 1.